The molecule has 19 heavy (non-hydrogen) atoms. The van der Waals surface area contributed by atoms with Gasteiger partial charge in [0, 0.05) is 10.5 Å². The zero-order valence-corrected chi connectivity index (χ0v) is 13.6. The molecule has 1 atom stereocenters. The van der Waals surface area contributed by atoms with Crippen molar-refractivity contribution >= 4 is 15.9 Å². The number of hydrogen-bond acceptors (Lipinski definition) is 1. The summed E-state index contributed by atoms with van der Waals surface area (Å²) in [6, 6.07) is 9.12. The third-order valence-corrected chi connectivity index (χ3v) is 4.15. The van der Waals surface area contributed by atoms with Gasteiger partial charge in [-0.15, -0.1) is 6.58 Å². The van der Waals surface area contributed by atoms with Crippen molar-refractivity contribution in [2.75, 3.05) is 6.54 Å². The minimum Gasteiger partial charge on any atom is -0.314 e. The van der Waals surface area contributed by atoms with Gasteiger partial charge in [0.1, 0.15) is 0 Å². The smallest absolute Gasteiger partial charge is 0.0207 e. The molecule has 1 aromatic rings. The van der Waals surface area contributed by atoms with E-state index in [2.05, 4.69) is 59.0 Å². The lowest BCUT2D eigenvalue weighted by Gasteiger charge is -2.18. The van der Waals surface area contributed by atoms with Crippen LogP contribution in [0.4, 0.5) is 0 Å². The number of hydrogen-bond donors (Lipinski definition) is 1. The number of unbranched alkanes of at least 4 members (excludes halogenated alkanes) is 3. The molecule has 2 heteroatoms. The Hall–Kier alpha value is -0.600. The van der Waals surface area contributed by atoms with Gasteiger partial charge in [-0.25, -0.2) is 0 Å². The molecule has 106 valence electrons. The van der Waals surface area contributed by atoms with Gasteiger partial charge < -0.3 is 5.32 Å². The monoisotopic (exact) mass is 323 g/mol. The van der Waals surface area contributed by atoms with E-state index in [-0.39, 0.29) is 0 Å². The van der Waals surface area contributed by atoms with Gasteiger partial charge in [0.15, 0.2) is 0 Å². The molecule has 0 spiro atoms. The molecule has 0 bridgehead atoms. The van der Waals surface area contributed by atoms with Crippen molar-refractivity contribution in [3.8, 4) is 0 Å². The molecule has 0 saturated carbocycles. The number of likely N-dealkylation sites (N-methyl/N-ethyl adjacent to an activating group) is 1. The fourth-order valence-corrected chi connectivity index (χ4v) is 2.80. The van der Waals surface area contributed by atoms with Gasteiger partial charge in [-0.1, -0.05) is 60.0 Å². The summed E-state index contributed by atoms with van der Waals surface area (Å²) in [6.45, 7) is 7.00. The van der Waals surface area contributed by atoms with Gasteiger partial charge in [0.05, 0.1) is 0 Å². The summed E-state index contributed by atoms with van der Waals surface area (Å²) in [4.78, 5) is 0. The molecule has 0 radical (unpaired) electrons. The normalized spacial score (nSPS) is 12.3. The Bertz CT molecular complexity index is 362. The van der Waals surface area contributed by atoms with Gasteiger partial charge in [-0.05, 0) is 43.9 Å². The zero-order chi connectivity index (χ0) is 13.9. The fraction of sp³-hybridized carbons (Fsp3) is 0.529. The molecule has 1 aromatic carbocycles. The van der Waals surface area contributed by atoms with Crippen LogP contribution in [0, 0.1) is 0 Å². The van der Waals surface area contributed by atoms with Crippen molar-refractivity contribution in [3.63, 3.8) is 0 Å². The van der Waals surface area contributed by atoms with Crippen molar-refractivity contribution in [2.45, 2.75) is 51.5 Å². The quantitative estimate of drug-likeness (QED) is 0.466. The van der Waals surface area contributed by atoms with E-state index in [1.54, 1.807) is 0 Å². The lowest BCUT2D eigenvalue weighted by Crippen LogP contribution is -2.31. The van der Waals surface area contributed by atoms with Crippen LogP contribution in [0.1, 0.15) is 44.6 Å². The predicted molar refractivity (Wildman–Crippen MR) is 88.6 cm³/mol. The second kappa shape index (κ2) is 10.2. The number of rotatable bonds is 10. The van der Waals surface area contributed by atoms with Gasteiger partial charge in [0.25, 0.3) is 0 Å². The molecule has 0 heterocycles. The highest BCUT2D eigenvalue weighted by molar-refractivity contribution is 9.10. The van der Waals surface area contributed by atoms with Crippen molar-refractivity contribution in [3.05, 3.63) is 47.0 Å². The molecule has 0 aliphatic heterocycles. The number of allylic oxidation sites excluding steroid dienone is 1. The third kappa shape index (κ3) is 6.93. The van der Waals surface area contributed by atoms with Crippen LogP contribution in [0.3, 0.4) is 0 Å². The van der Waals surface area contributed by atoms with Crippen LogP contribution < -0.4 is 5.32 Å². The van der Waals surface area contributed by atoms with E-state index in [9.17, 15) is 0 Å². The van der Waals surface area contributed by atoms with Crippen LogP contribution in [0.25, 0.3) is 0 Å². The molecule has 1 rings (SSSR count). The lowest BCUT2D eigenvalue weighted by molar-refractivity contribution is 0.464. The molecule has 0 aliphatic carbocycles. The van der Waals surface area contributed by atoms with Crippen molar-refractivity contribution in [1.82, 2.24) is 5.32 Å². The van der Waals surface area contributed by atoms with Crippen LogP contribution in [-0.2, 0) is 6.42 Å². The Labute approximate surface area is 126 Å². The third-order valence-electron chi connectivity index (χ3n) is 3.38. The van der Waals surface area contributed by atoms with Crippen molar-refractivity contribution < 1.29 is 0 Å². The first-order chi connectivity index (χ1) is 9.27. The first-order valence-corrected chi connectivity index (χ1v) is 8.15. The topological polar surface area (TPSA) is 12.0 Å². The highest BCUT2D eigenvalue weighted by atomic mass is 79.9. The summed E-state index contributed by atoms with van der Waals surface area (Å²) >= 11 is 3.64. The Morgan fingerprint density at radius 1 is 1.26 bits per heavy atom. The number of benzene rings is 1. The highest BCUT2D eigenvalue weighted by Gasteiger charge is 2.09. The molecule has 1 nitrogen and oxygen atoms in total. The average Bonchev–Trinajstić information content (AvgIpc) is 2.41. The molecular weight excluding hydrogens is 298 g/mol. The Morgan fingerprint density at radius 2 is 2.05 bits per heavy atom. The van der Waals surface area contributed by atoms with Gasteiger partial charge in [-0.2, -0.15) is 0 Å². The molecule has 0 saturated heterocycles. The Kier molecular flexibility index (Phi) is 8.85. The molecule has 0 amide bonds. The Morgan fingerprint density at radius 3 is 2.74 bits per heavy atom. The standard InChI is InChI=1S/C17H26BrN/c1-3-5-6-7-8-12-16(19-4-2)14-15-11-9-10-13-17(15)18/h3,9-11,13,16,19H,1,4-8,12,14H2,2H3. The highest BCUT2D eigenvalue weighted by Crippen LogP contribution is 2.19. The van der Waals surface area contributed by atoms with Crippen LogP contribution in [-0.4, -0.2) is 12.6 Å². The minimum absolute atomic E-state index is 0.590. The molecule has 0 aromatic heterocycles. The molecule has 1 unspecified atom stereocenters. The largest absolute Gasteiger partial charge is 0.314 e. The van der Waals surface area contributed by atoms with Crippen molar-refractivity contribution in [2.24, 2.45) is 0 Å². The SMILES string of the molecule is C=CCCCCCC(Cc1ccccc1Br)NCC. The number of halogens is 1. The summed E-state index contributed by atoms with van der Waals surface area (Å²) in [7, 11) is 0. The van der Waals surface area contributed by atoms with Gasteiger partial charge in [-0.3, -0.25) is 0 Å². The fourth-order valence-electron chi connectivity index (χ4n) is 2.35. The van der Waals surface area contributed by atoms with Crippen LogP contribution >= 0.6 is 15.9 Å². The van der Waals surface area contributed by atoms with Crippen LogP contribution in [0.5, 0.6) is 0 Å². The minimum atomic E-state index is 0.590. The van der Waals surface area contributed by atoms with Crippen LogP contribution in [0.15, 0.2) is 41.4 Å². The van der Waals surface area contributed by atoms with Crippen LogP contribution in [0.2, 0.25) is 0 Å². The van der Waals surface area contributed by atoms with Gasteiger partial charge >= 0.3 is 0 Å². The summed E-state index contributed by atoms with van der Waals surface area (Å²) in [5, 5.41) is 3.61. The van der Waals surface area contributed by atoms with E-state index >= 15 is 0 Å². The van der Waals surface area contributed by atoms with E-state index in [1.807, 2.05) is 6.08 Å². The molecule has 0 fully saturated rings. The van der Waals surface area contributed by atoms with E-state index in [1.165, 1.54) is 35.7 Å². The first kappa shape index (κ1) is 16.5. The van der Waals surface area contributed by atoms with E-state index in [0.29, 0.717) is 6.04 Å². The maximum absolute atomic E-state index is 3.77. The molecular formula is C17H26BrN. The average molecular weight is 324 g/mol. The predicted octanol–water partition coefficient (Wildman–Crippen LogP) is 5.11. The summed E-state index contributed by atoms with van der Waals surface area (Å²) < 4.78 is 1.23. The molecule has 0 aliphatic rings. The number of nitrogens with one attached hydrogen (secondary N) is 1. The first-order valence-electron chi connectivity index (χ1n) is 7.35. The second-order valence-electron chi connectivity index (χ2n) is 4.98. The summed E-state index contributed by atoms with van der Waals surface area (Å²) in [5.41, 5.74) is 1.40. The van der Waals surface area contributed by atoms with E-state index in [0.717, 1.165) is 19.4 Å². The summed E-state index contributed by atoms with van der Waals surface area (Å²) in [5.74, 6) is 0. The maximum Gasteiger partial charge on any atom is 0.0207 e. The Balaban J connectivity index is 2.39. The zero-order valence-electron chi connectivity index (χ0n) is 12.0. The molecule has 1 N–H and O–H groups in total. The van der Waals surface area contributed by atoms with E-state index in [4.69, 9.17) is 0 Å². The summed E-state index contributed by atoms with van der Waals surface area (Å²) in [6.07, 6.45) is 9.42. The second-order valence-corrected chi connectivity index (χ2v) is 5.83. The van der Waals surface area contributed by atoms with E-state index < -0.39 is 0 Å². The van der Waals surface area contributed by atoms with Gasteiger partial charge in [0.2, 0.25) is 0 Å². The van der Waals surface area contributed by atoms with Crippen molar-refractivity contribution in [1.29, 1.82) is 0 Å². The maximum atomic E-state index is 3.77. The lowest BCUT2D eigenvalue weighted by atomic mass is 10.00.